The summed E-state index contributed by atoms with van der Waals surface area (Å²) in [5.41, 5.74) is 3.56. The molecule has 0 amide bonds. The van der Waals surface area contributed by atoms with Crippen molar-refractivity contribution in [3.05, 3.63) is 29.3 Å². The van der Waals surface area contributed by atoms with Gasteiger partial charge in [-0.15, -0.1) is 0 Å². The van der Waals surface area contributed by atoms with E-state index in [1.807, 2.05) is 5.56 Å². The van der Waals surface area contributed by atoms with Gasteiger partial charge in [0, 0.05) is 0 Å². The molecule has 0 heterocycles. The van der Waals surface area contributed by atoms with E-state index < -0.39 is 0 Å². The Morgan fingerprint density at radius 3 is 1.95 bits per heavy atom. The summed E-state index contributed by atoms with van der Waals surface area (Å²) in [5, 5.41) is 0. The van der Waals surface area contributed by atoms with E-state index in [-0.39, 0.29) is 0 Å². The second-order valence-corrected chi connectivity index (χ2v) is 8.32. The Kier molecular flexibility index (Phi) is 4.96. The molecule has 0 nitrogen and oxygen atoms in total. The molecule has 19 heavy (non-hydrogen) atoms. The van der Waals surface area contributed by atoms with Gasteiger partial charge in [-0.25, -0.2) is 0 Å². The summed E-state index contributed by atoms with van der Waals surface area (Å²) >= 11 is 1.45. The summed E-state index contributed by atoms with van der Waals surface area (Å²) in [6, 6.07) is 7.19. The fraction of sp³-hybridized carbons (Fsp3) is 0.667. The van der Waals surface area contributed by atoms with Crippen LogP contribution in [0.15, 0.2) is 18.2 Å². The molecule has 0 bridgehead atoms. The summed E-state index contributed by atoms with van der Waals surface area (Å²) in [6.07, 6.45) is 14.6. The molecule has 1 aromatic carbocycles. The van der Waals surface area contributed by atoms with Crippen molar-refractivity contribution in [3.63, 3.8) is 0 Å². The van der Waals surface area contributed by atoms with Gasteiger partial charge < -0.3 is 0 Å². The first-order chi connectivity index (χ1) is 9.36. The topological polar surface area (TPSA) is 0 Å². The molecule has 2 aliphatic carbocycles. The van der Waals surface area contributed by atoms with Crippen molar-refractivity contribution in [3.8, 4) is 0 Å². The quantitative estimate of drug-likeness (QED) is 0.579. The van der Waals surface area contributed by atoms with Crippen molar-refractivity contribution in [1.82, 2.24) is 0 Å². The fourth-order valence-corrected chi connectivity index (χ4v) is 5.72. The van der Waals surface area contributed by atoms with Crippen LogP contribution in [0.3, 0.4) is 0 Å². The van der Waals surface area contributed by atoms with Crippen molar-refractivity contribution in [2.24, 2.45) is 0 Å². The van der Waals surface area contributed by atoms with Gasteiger partial charge in [0.25, 0.3) is 0 Å². The molecule has 2 radical (unpaired) electrons. The van der Waals surface area contributed by atoms with E-state index in [0.29, 0.717) is 0 Å². The summed E-state index contributed by atoms with van der Waals surface area (Å²) < 4.78 is 1.68. The number of benzene rings is 1. The van der Waals surface area contributed by atoms with Gasteiger partial charge in [-0.2, -0.15) is 0 Å². The molecule has 1 aromatic rings. The Hall–Kier alpha value is 0.103. The molecule has 102 valence electrons. The van der Waals surface area contributed by atoms with Gasteiger partial charge in [-0.3, -0.25) is 0 Å². The van der Waals surface area contributed by atoms with Crippen LogP contribution < -0.4 is 3.27 Å². The van der Waals surface area contributed by atoms with E-state index in [1.54, 1.807) is 8.83 Å². The van der Waals surface area contributed by atoms with E-state index in [4.69, 9.17) is 0 Å². The second-order valence-electron chi connectivity index (χ2n) is 6.45. The van der Waals surface area contributed by atoms with Gasteiger partial charge >= 0.3 is 133 Å². The number of hydrogen-bond donors (Lipinski definition) is 0. The third kappa shape index (κ3) is 3.23. The molecular formula is C18H25Bi. The Bertz CT molecular complexity index is 412. The van der Waals surface area contributed by atoms with Gasteiger partial charge in [-0.05, 0) is 0 Å². The molecule has 0 spiro atoms. The minimum atomic E-state index is 0.884. The van der Waals surface area contributed by atoms with Crippen LogP contribution in [0.25, 0.3) is 0 Å². The molecule has 1 heteroatoms. The van der Waals surface area contributed by atoms with E-state index in [0.717, 1.165) is 11.8 Å². The Balaban J connectivity index is 1.91. The zero-order chi connectivity index (χ0) is 13.1. The Morgan fingerprint density at radius 2 is 1.32 bits per heavy atom. The van der Waals surface area contributed by atoms with Gasteiger partial charge in [0.2, 0.25) is 0 Å². The molecule has 0 N–H and O–H groups in total. The average Bonchev–Trinajstić information content (AvgIpc) is 2.49. The summed E-state index contributed by atoms with van der Waals surface area (Å²) in [6.45, 7) is 0. The summed E-state index contributed by atoms with van der Waals surface area (Å²) in [7, 11) is 0. The minimum absolute atomic E-state index is 0.884. The third-order valence-electron chi connectivity index (χ3n) is 5.18. The molecule has 3 rings (SSSR count). The first-order valence-electron chi connectivity index (χ1n) is 8.18. The molecule has 0 aromatic heterocycles. The van der Waals surface area contributed by atoms with Crippen LogP contribution in [0.2, 0.25) is 0 Å². The first-order valence-corrected chi connectivity index (χ1v) is 9.92. The van der Waals surface area contributed by atoms with Crippen molar-refractivity contribution in [2.45, 2.75) is 76.0 Å². The van der Waals surface area contributed by atoms with Crippen molar-refractivity contribution in [2.75, 3.05) is 0 Å². The maximum atomic E-state index is 2.47. The van der Waals surface area contributed by atoms with Crippen LogP contribution in [0.1, 0.15) is 87.2 Å². The monoisotopic (exact) mass is 450 g/mol. The first kappa shape index (κ1) is 14.1. The summed E-state index contributed by atoms with van der Waals surface area (Å²) in [4.78, 5) is 0. The number of hydrogen-bond acceptors (Lipinski definition) is 0. The Morgan fingerprint density at radius 1 is 0.737 bits per heavy atom. The van der Waals surface area contributed by atoms with Crippen molar-refractivity contribution in [1.29, 1.82) is 0 Å². The molecule has 0 aliphatic heterocycles. The van der Waals surface area contributed by atoms with Crippen LogP contribution in [-0.4, -0.2) is 24.7 Å². The van der Waals surface area contributed by atoms with Gasteiger partial charge in [-0.1, -0.05) is 0 Å². The Labute approximate surface area is 133 Å². The van der Waals surface area contributed by atoms with Gasteiger partial charge in [0.15, 0.2) is 0 Å². The average molecular weight is 450 g/mol. The zero-order valence-electron chi connectivity index (χ0n) is 11.9. The van der Waals surface area contributed by atoms with Crippen LogP contribution in [0, 0.1) is 0 Å². The molecule has 0 atom stereocenters. The van der Waals surface area contributed by atoms with E-state index >= 15 is 0 Å². The molecule has 2 aliphatic rings. The zero-order valence-corrected chi connectivity index (χ0v) is 15.4. The molecular weight excluding hydrogens is 425 g/mol. The van der Waals surface area contributed by atoms with Crippen LogP contribution in [0.4, 0.5) is 0 Å². The van der Waals surface area contributed by atoms with Crippen LogP contribution >= 0.6 is 0 Å². The molecule has 2 fully saturated rings. The number of rotatable bonds is 2. The van der Waals surface area contributed by atoms with E-state index in [9.17, 15) is 0 Å². The van der Waals surface area contributed by atoms with Crippen molar-refractivity contribution >= 4 is 28.0 Å². The van der Waals surface area contributed by atoms with Gasteiger partial charge in [0.05, 0.1) is 0 Å². The SMILES string of the molecule is [Bi][c]1cccc(C2CCCCC2)c1C1CCCCC1. The molecule has 0 saturated heterocycles. The third-order valence-corrected chi connectivity index (χ3v) is 6.69. The molecule has 2 saturated carbocycles. The second kappa shape index (κ2) is 6.70. The maximum absolute atomic E-state index is 2.47. The van der Waals surface area contributed by atoms with Gasteiger partial charge in [0.1, 0.15) is 0 Å². The predicted molar refractivity (Wildman–Crippen MR) is 83.5 cm³/mol. The van der Waals surface area contributed by atoms with Crippen molar-refractivity contribution < 1.29 is 0 Å². The van der Waals surface area contributed by atoms with Crippen LogP contribution in [-0.2, 0) is 0 Å². The summed E-state index contributed by atoms with van der Waals surface area (Å²) in [5.74, 6) is 1.78. The van der Waals surface area contributed by atoms with E-state index in [1.165, 1.54) is 88.9 Å². The molecule has 0 unspecified atom stereocenters. The van der Waals surface area contributed by atoms with Crippen LogP contribution in [0.5, 0.6) is 0 Å². The standard InChI is InChI=1S/C18H25.Bi/c1-3-9-15(10-4-1)17-13-7-8-14-18(17)16-11-5-2-6-12-16;/h7-8,13,15-16H,1-6,9-12H2;. The fourth-order valence-electron chi connectivity index (χ4n) is 4.18. The van der Waals surface area contributed by atoms with E-state index in [2.05, 4.69) is 18.2 Å². The normalized spacial score (nSPS) is 22.6. The predicted octanol–water partition coefficient (Wildman–Crippen LogP) is 4.58.